The molecule has 5 nitrogen and oxygen atoms in total. The fourth-order valence-electron chi connectivity index (χ4n) is 3.57. The average Bonchev–Trinajstić information content (AvgIpc) is 3.09. The van der Waals surface area contributed by atoms with E-state index < -0.39 is 0 Å². The number of carbonyl (C=O) groups excluding carboxylic acids is 1. The second-order valence-electron chi connectivity index (χ2n) is 6.03. The van der Waals surface area contributed by atoms with Gasteiger partial charge in [0.25, 0.3) is 5.91 Å². The Kier molecular flexibility index (Phi) is 3.78. The predicted molar refractivity (Wildman–Crippen MR) is 75.6 cm³/mol. The lowest BCUT2D eigenvalue weighted by Gasteiger charge is -2.34. The van der Waals surface area contributed by atoms with Crippen LogP contribution in [-0.2, 0) is 0 Å². The maximum absolute atomic E-state index is 12.5. The Hall–Kier alpha value is -1.36. The highest BCUT2D eigenvalue weighted by Crippen LogP contribution is 2.27. The van der Waals surface area contributed by atoms with E-state index in [2.05, 4.69) is 10.5 Å². The van der Waals surface area contributed by atoms with Crippen LogP contribution in [0, 0.1) is 19.8 Å². The van der Waals surface area contributed by atoms with Gasteiger partial charge in [-0.25, -0.2) is 0 Å². The van der Waals surface area contributed by atoms with Crippen molar-refractivity contribution in [3.05, 3.63) is 17.0 Å². The van der Waals surface area contributed by atoms with Gasteiger partial charge in [-0.15, -0.1) is 0 Å². The number of aromatic nitrogens is 1. The van der Waals surface area contributed by atoms with Crippen molar-refractivity contribution in [3.63, 3.8) is 0 Å². The van der Waals surface area contributed by atoms with Gasteiger partial charge in [-0.05, 0) is 52.0 Å². The molecular formula is C15H23N3O2. The lowest BCUT2D eigenvalue weighted by molar-refractivity contribution is 0.0672. The molecule has 0 spiro atoms. The molecule has 5 heteroatoms. The van der Waals surface area contributed by atoms with Crippen molar-refractivity contribution in [2.45, 2.75) is 45.6 Å². The molecule has 2 fully saturated rings. The van der Waals surface area contributed by atoms with E-state index in [4.69, 9.17) is 4.52 Å². The first-order valence-electron chi connectivity index (χ1n) is 7.62. The summed E-state index contributed by atoms with van der Waals surface area (Å²) < 4.78 is 5.10. The van der Waals surface area contributed by atoms with Crippen molar-refractivity contribution >= 4 is 5.91 Å². The molecule has 2 saturated heterocycles. The molecule has 0 saturated carbocycles. The molecule has 20 heavy (non-hydrogen) atoms. The topological polar surface area (TPSA) is 58.4 Å². The molecular weight excluding hydrogens is 254 g/mol. The van der Waals surface area contributed by atoms with Crippen LogP contribution in [-0.4, -0.2) is 41.6 Å². The van der Waals surface area contributed by atoms with E-state index in [0.29, 0.717) is 23.1 Å². The average molecular weight is 277 g/mol. The molecule has 1 amide bonds. The van der Waals surface area contributed by atoms with Crippen molar-refractivity contribution < 1.29 is 9.32 Å². The van der Waals surface area contributed by atoms with Crippen molar-refractivity contribution in [2.24, 2.45) is 5.92 Å². The lowest BCUT2D eigenvalue weighted by Crippen LogP contribution is -2.43. The fourth-order valence-corrected chi connectivity index (χ4v) is 3.57. The Morgan fingerprint density at radius 2 is 2.05 bits per heavy atom. The Morgan fingerprint density at radius 3 is 2.60 bits per heavy atom. The highest BCUT2D eigenvalue weighted by molar-refractivity contribution is 5.96. The summed E-state index contributed by atoms with van der Waals surface area (Å²) in [6, 6.07) is 0.673. The van der Waals surface area contributed by atoms with Gasteiger partial charge in [0.2, 0.25) is 0 Å². The first-order chi connectivity index (χ1) is 9.66. The molecule has 1 aromatic heterocycles. The van der Waals surface area contributed by atoms with Gasteiger partial charge in [0.05, 0.1) is 5.69 Å². The maximum atomic E-state index is 12.5. The van der Waals surface area contributed by atoms with Gasteiger partial charge in [-0.2, -0.15) is 0 Å². The SMILES string of the molecule is Cc1noc(C)c1C(=O)N1CCC(C2CCCN2)CC1. The van der Waals surface area contributed by atoms with Crippen LogP contribution >= 0.6 is 0 Å². The lowest BCUT2D eigenvalue weighted by atomic mass is 9.88. The molecule has 0 radical (unpaired) electrons. The summed E-state index contributed by atoms with van der Waals surface area (Å²) in [4.78, 5) is 14.5. The van der Waals surface area contributed by atoms with Crippen molar-refractivity contribution in [2.75, 3.05) is 19.6 Å². The van der Waals surface area contributed by atoms with Crippen LogP contribution in [0.5, 0.6) is 0 Å². The Balaban J connectivity index is 1.62. The number of likely N-dealkylation sites (tertiary alicyclic amines) is 1. The summed E-state index contributed by atoms with van der Waals surface area (Å²) >= 11 is 0. The van der Waals surface area contributed by atoms with Gasteiger partial charge in [-0.1, -0.05) is 5.16 Å². The third-order valence-electron chi connectivity index (χ3n) is 4.74. The first-order valence-corrected chi connectivity index (χ1v) is 7.62. The van der Waals surface area contributed by atoms with E-state index >= 15 is 0 Å². The molecule has 1 atom stereocenters. The molecule has 110 valence electrons. The molecule has 3 rings (SSSR count). The van der Waals surface area contributed by atoms with Gasteiger partial charge in [0.15, 0.2) is 0 Å². The van der Waals surface area contributed by atoms with Crippen LogP contribution in [0.2, 0.25) is 0 Å². The minimum absolute atomic E-state index is 0.0825. The smallest absolute Gasteiger partial charge is 0.259 e. The minimum Gasteiger partial charge on any atom is -0.361 e. The maximum Gasteiger partial charge on any atom is 0.259 e. The van der Waals surface area contributed by atoms with Crippen LogP contribution < -0.4 is 5.32 Å². The zero-order valence-corrected chi connectivity index (χ0v) is 12.3. The predicted octanol–water partition coefficient (Wildman–Crippen LogP) is 1.90. The van der Waals surface area contributed by atoms with E-state index in [-0.39, 0.29) is 5.91 Å². The van der Waals surface area contributed by atoms with Crippen molar-refractivity contribution in [3.8, 4) is 0 Å². The Bertz CT molecular complexity index is 464. The van der Waals surface area contributed by atoms with E-state index in [0.717, 1.165) is 38.4 Å². The van der Waals surface area contributed by atoms with Crippen LogP contribution in [0.3, 0.4) is 0 Å². The molecule has 1 unspecified atom stereocenters. The number of hydrogen-bond donors (Lipinski definition) is 1. The zero-order valence-electron chi connectivity index (χ0n) is 12.3. The van der Waals surface area contributed by atoms with Crippen LogP contribution in [0.25, 0.3) is 0 Å². The number of nitrogens with one attached hydrogen (secondary N) is 1. The summed E-state index contributed by atoms with van der Waals surface area (Å²) in [5.41, 5.74) is 1.36. The largest absolute Gasteiger partial charge is 0.361 e. The van der Waals surface area contributed by atoms with E-state index in [1.165, 1.54) is 12.8 Å². The van der Waals surface area contributed by atoms with Crippen molar-refractivity contribution in [1.29, 1.82) is 0 Å². The third-order valence-corrected chi connectivity index (χ3v) is 4.74. The van der Waals surface area contributed by atoms with Gasteiger partial charge in [0.1, 0.15) is 11.3 Å². The summed E-state index contributed by atoms with van der Waals surface area (Å²) in [6.07, 6.45) is 4.80. The van der Waals surface area contributed by atoms with E-state index in [9.17, 15) is 4.79 Å². The Morgan fingerprint density at radius 1 is 1.30 bits per heavy atom. The quantitative estimate of drug-likeness (QED) is 0.897. The number of amides is 1. The number of hydrogen-bond acceptors (Lipinski definition) is 4. The summed E-state index contributed by atoms with van der Waals surface area (Å²) in [5.74, 6) is 1.44. The zero-order chi connectivity index (χ0) is 14.1. The Labute approximate surface area is 119 Å². The highest BCUT2D eigenvalue weighted by Gasteiger charge is 2.31. The van der Waals surface area contributed by atoms with Crippen LogP contribution in [0.4, 0.5) is 0 Å². The van der Waals surface area contributed by atoms with Gasteiger partial charge in [0, 0.05) is 19.1 Å². The summed E-state index contributed by atoms with van der Waals surface area (Å²) in [7, 11) is 0. The van der Waals surface area contributed by atoms with Gasteiger partial charge < -0.3 is 14.7 Å². The number of carbonyl (C=O) groups is 1. The normalized spacial score (nSPS) is 24.3. The third kappa shape index (κ3) is 2.46. The molecule has 1 aromatic rings. The van der Waals surface area contributed by atoms with Crippen LogP contribution in [0.15, 0.2) is 4.52 Å². The van der Waals surface area contributed by atoms with E-state index in [1.54, 1.807) is 0 Å². The van der Waals surface area contributed by atoms with E-state index in [1.807, 2.05) is 18.7 Å². The molecule has 0 bridgehead atoms. The molecule has 2 aliphatic heterocycles. The van der Waals surface area contributed by atoms with Gasteiger partial charge >= 0.3 is 0 Å². The van der Waals surface area contributed by atoms with Gasteiger partial charge in [-0.3, -0.25) is 4.79 Å². The summed E-state index contributed by atoms with van der Waals surface area (Å²) in [5, 5.41) is 7.47. The second kappa shape index (κ2) is 5.56. The highest BCUT2D eigenvalue weighted by atomic mass is 16.5. The second-order valence-corrected chi connectivity index (χ2v) is 6.03. The number of aryl methyl sites for hydroxylation is 2. The molecule has 0 aromatic carbocycles. The fraction of sp³-hybridized carbons (Fsp3) is 0.733. The minimum atomic E-state index is 0.0825. The van der Waals surface area contributed by atoms with Crippen LogP contribution in [0.1, 0.15) is 47.5 Å². The van der Waals surface area contributed by atoms with Crippen molar-refractivity contribution in [1.82, 2.24) is 15.4 Å². The molecule has 1 N–H and O–H groups in total. The monoisotopic (exact) mass is 277 g/mol. The standard InChI is InChI=1S/C15H23N3O2/c1-10-14(11(2)20-17-10)15(19)18-8-5-12(6-9-18)13-4-3-7-16-13/h12-13,16H,3-9H2,1-2H3. The summed E-state index contributed by atoms with van der Waals surface area (Å²) in [6.45, 7) is 6.50. The first kappa shape index (κ1) is 13.6. The number of rotatable bonds is 2. The molecule has 0 aliphatic carbocycles. The molecule has 3 heterocycles. The number of piperidine rings is 1. The number of nitrogens with zero attached hydrogens (tertiary/aromatic N) is 2. The molecule has 2 aliphatic rings.